The molecule has 0 N–H and O–H groups in total. The quantitative estimate of drug-likeness (QED) is 0.0550. The lowest BCUT2D eigenvalue weighted by Gasteiger charge is -2.06. The number of allylic oxidation sites excluding steroid dienone is 2. The third-order valence-corrected chi connectivity index (χ3v) is 7.40. The Hall–Kier alpha value is -0.790. The van der Waals surface area contributed by atoms with E-state index >= 15 is 0 Å². The smallest absolute Gasteiger partial charge is 0.305 e. The number of ether oxygens (including phenoxy) is 1. The molecule has 0 atom stereocenters. The molecule has 0 aromatic carbocycles. The molecule has 0 radical (unpaired) electrons. The van der Waals surface area contributed by atoms with Crippen LogP contribution in [0.15, 0.2) is 12.2 Å². The van der Waals surface area contributed by atoms with Crippen LogP contribution >= 0.6 is 0 Å². The second-order valence-corrected chi connectivity index (χ2v) is 11.2. The molecule has 0 aromatic heterocycles. The van der Waals surface area contributed by atoms with Crippen LogP contribution in [-0.2, 0) is 9.53 Å². The lowest BCUT2D eigenvalue weighted by Crippen LogP contribution is -2.05. The number of esters is 1. The van der Waals surface area contributed by atoms with Gasteiger partial charge in [0.15, 0.2) is 0 Å². The van der Waals surface area contributed by atoms with Crippen LogP contribution in [0.3, 0.4) is 0 Å². The molecule has 0 saturated carbocycles. The van der Waals surface area contributed by atoms with Crippen LogP contribution < -0.4 is 0 Å². The highest BCUT2D eigenvalue weighted by atomic mass is 16.5. The average molecular weight is 507 g/mol. The van der Waals surface area contributed by atoms with Gasteiger partial charge in [0.2, 0.25) is 0 Å². The number of carbonyl (C=O) groups excluding carboxylic acids is 1. The molecule has 214 valence electrons. The van der Waals surface area contributed by atoms with Gasteiger partial charge in [-0.15, -0.1) is 0 Å². The van der Waals surface area contributed by atoms with E-state index in [1.807, 2.05) is 0 Å². The Labute approximate surface area is 227 Å². The summed E-state index contributed by atoms with van der Waals surface area (Å²) in [6.45, 7) is 5.17. The van der Waals surface area contributed by atoms with Gasteiger partial charge in [-0.2, -0.15) is 0 Å². The summed E-state index contributed by atoms with van der Waals surface area (Å²) in [4.78, 5) is 11.9. The minimum absolute atomic E-state index is 0.0193. The Bertz CT molecular complexity index is 442. The number of unbranched alkanes of at least 4 members (excludes halogenated alkanes) is 24. The Balaban J connectivity index is 3.16. The van der Waals surface area contributed by atoms with E-state index in [0.29, 0.717) is 13.0 Å². The fourth-order valence-corrected chi connectivity index (χ4v) is 4.88. The molecule has 0 rings (SSSR count). The first-order valence-electron chi connectivity index (χ1n) is 16.6. The lowest BCUT2D eigenvalue weighted by atomic mass is 10.0. The zero-order valence-corrected chi connectivity index (χ0v) is 25.0. The zero-order valence-electron chi connectivity index (χ0n) is 25.0. The van der Waals surface area contributed by atoms with Gasteiger partial charge >= 0.3 is 5.97 Å². The first-order chi connectivity index (χ1) is 17.8. The average Bonchev–Trinajstić information content (AvgIpc) is 2.88. The second kappa shape index (κ2) is 32.2. The fourth-order valence-electron chi connectivity index (χ4n) is 4.88. The molecule has 0 spiro atoms. The van der Waals surface area contributed by atoms with Gasteiger partial charge < -0.3 is 4.74 Å². The summed E-state index contributed by atoms with van der Waals surface area (Å²) in [5, 5.41) is 0. The van der Waals surface area contributed by atoms with E-state index in [-0.39, 0.29) is 5.97 Å². The molecule has 0 aliphatic carbocycles. The molecule has 2 nitrogen and oxygen atoms in total. The van der Waals surface area contributed by atoms with Crippen LogP contribution in [0.1, 0.15) is 194 Å². The van der Waals surface area contributed by atoms with Crippen molar-refractivity contribution in [1.82, 2.24) is 0 Å². The van der Waals surface area contributed by atoms with Crippen molar-refractivity contribution in [2.75, 3.05) is 6.61 Å². The molecular weight excluding hydrogens is 440 g/mol. The zero-order chi connectivity index (χ0) is 26.2. The van der Waals surface area contributed by atoms with E-state index in [0.717, 1.165) is 12.8 Å². The highest BCUT2D eigenvalue weighted by molar-refractivity contribution is 5.69. The molecule has 2 heteroatoms. The van der Waals surface area contributed by atoms with E-state index in [9.17, 15) is 4.79 Å². The van der Waals surface area contributed by atoms with Crippen molar-refractivity contribution < 1.29 is 9.53 Å². The van der Waals surface area contributed by atoms with Gasteiger partial charge in [-0.3, -0.25) is 4.79 Å². The molecule has 0 unspecified atom stereocenters. The summed E-state index contributed by atoms with van der Waals surface area (Å²) >= 11 is 0. The predicted octanol–water partition coefficient (Wildman–Crippen LogP) is 12.0. The Kier molecular flexibility index (Phi) is 31.5. The Morgan fingerprint density at radius 3 is 1.28 bits per heavy atom. The monoisotopic (exact) mass is 507 g/mol. The minimum Gasteiger partial charge on any atom is -0.466 e. The lowest BCUT2D eigenvalue weighted by molar-refractivity contribution is -0.143. The number of hydrogen-bond acceptors (Lipinski definition) is 2. The van der Waals surface area contributed by atoms with Gasteiger partial charge in [-0.05, 0) is 32.1 Å². The maximum atomic E-state index is 11.9. The summed E-state index contributed by atoms with van der Waals surface area (Å²) in [6.07, 6.45) is 41.2. The van der Waals surface area contributed by atoms with Crippen molar-refractivity contribution in [2.24, 2.45) is 0 Å². The number of hydrogen-bond donors (Lipinski definition) is 0. The third-order valence-electron chi connectivity index (χ3n) is 7.40. The first kappa shape index (κ1) is 35.2. The summed E-state index contributed by atoms with van der Waals surface area (Å²) < 4.78 is 5.42. The molecule has 0 aromatic rings. The highest BCUT2D eigenvalue weighted by Gasteiger charge is 2.02. The number of carbonyl (C=O) groups is 1. The summed E-state index contributed by atoms with van der Waals surface area (Å²) in [5.41, 5.74) is 0. The van der Waals surface area contributed by atoms with E-state index in [1.165, 1.54) is 161 Å². The van der Waals surface area contributed by atoms with Gasteiger partial charge in [0.1, 0.15) is 0 Å². The van der Waals surface area contributed by atoms with E-state index in [4.69, 9.17) is 4.74 Å². The van der Waals surface area contributed by atoms with Crippen LogP contribution in [0, 0.1) is 0 Å². The SMILES string of the molecule is CCCC/C=C/CCCCCCCCCC(=O)OCCCCCCCCCCCCCCCCCC. The summed E-state index contributed by atoms with van der Waals surface area (Å²) in [7, 11) is 0. The molecule has 36 heavy (non-hydrogen) atoms. The minimum atomic E-state index is 0.0193. The molecule has 0 amide bonds. The van der Waals surface area contributed by atoms with Crippen molar-refractivity contribution in [3.8, 4) is 0 Å². The van der Waals surface area contributed by atoms with Crippen molar-refractivity contribution in [3.05, 3.63) is 12.2 Å². The third kappa shape index (κ3) is 31.2. The van der Waals surface area contributed by atoms with Gasteiger partial charge in [0.25, 0.3) is 0 Å². The van der Waals surface area contributed by atoms with Crippen molar-refractivity contribution in [3.63, 3.8) is 0 Å². The maximum absolute atomic E-state index is 11.9. The number of rotatable bonds is 30. The van der Waals surface area contributed by atoms with Crippen molar-refractivity contribution >= 4 is 5.97 Å². The topological polar surface area (TPSA) is 26.3 Å². The van der Waals surface area contributed by atoms with Crippen molar-refractivity contribution in [1.29, 1.82) is 0 Å². The Morgan fingerprint density at radius 1 is 0.444 bits per heavy atom. The standard InChI is InChI=1S/C34H66O2/c1-3-5-7-9-11-13-15-17-18-19-21-23-25-27-29-31-33-36-34(35)32-30-28-26-24-22-20-16-14-12-10-8-6-4-2/h10,12H,3-9,11,13-33H2,1-2H3/b12-10+. The van der Waals surface area contributed by atoms with Gasteiger partial charge in [0, 0.05) is 6.42 Å². The Morgan fingerprint density at radius 2 is 0.806 bits per heavy atom. The van der Waals surface area contributed by atoms with Crippen LogP contribution in [0.25, 0.3) is 0 Å². The van der Waals surface area contributed by atoms with Crippen LogP contribution in [-0.4, -0.2) is 12.6 Å². The molecular formula is C34H66O2. The molecule has 0 heterocycles. The predicted molar refractivity (Wildman–Crippen MR) is 161 cm³/mol. The normalized spacial score (nSPS) is 11.5. The van der Waals surface area contributed by atoms with E-state index in [1.54, 1.807) is 0 Å². The molecule has 0 fully saturated rings. The molecule has 0 aliphatic heterocycles. The van der Waals surface area contributed by atoms with Crippen LogP contribution in [0.2, 0.25) is 0 Å². The first-order valence-corrected chi connectivity index (χ1v) is 16.6. The van der Waals surface area contributed by atoms with Gasteiger partial charge in [-0.1, -0.05) is 167 Å². The maximum Gasteiger partial charge on any atom is 0.305 e. The summed E-state index contributed by atoms with van der Waals surface area (Å²) in [6, 6.07) is 0. The van der Waals surface area contributed by atoms with E-state index < -0.39 is 0 Å². The molecule has 0 bridgehead atoms. The summed E-state index contributed by atoms with van der Waals surface area (Å²) in [5.74, 6) is 0.0193. The molecule has 0 aliphatic rings. The van der Waals surface area contributed by atoms with E-state index in [2.05, 4.69) is 26.0 Å². The van der Waals surface area contributed by atoms with Gasteiger partial charge in [0.05, 0.1) is 6.61 Å². The van der Waals surface area contributed by atoms with Crippen LogP contribution in [0.5, 0.6) is 0 Å². The highest BCUT2D eigenvalue weighted by Crippen LogP contribution is 2.14. The second-order valence-electron chi connectivity index (χ2n) is 11.2. The van der Waals surface area contributed by atoms with Crippen LogP contribution in [0.4, 0.5) is 0 Å². The molecule has 0 saturated heterocycles. The van der Waals surface area contributed by atoms with Crippen molar-refractivity contribution in [2.45, 2.75) is 194 Å². The largest absolute Gasteiger partial charge is 0.466 e. The fraction of sp³-hybridized carbons (Fsp3) is 0.912. The van der Waals surface area contributed by atoms with Gasteiger partial charge in [-0.25, -0.2) is 0 Å².